The molecule has 1 saturated heterocycles. The second-order valence-corrected chi connectivity index (χ2v) is 10.2. The van der Waals surface area contributed by atoms with E-state index >= 15 is 0 Å². The molecular formula is C31H35N5O4. The summed E-state index contributed by atoms with van der Waals surface area (Å²) in [7, 11) is 1.35. The van der Waals surface area contributed by atoms with Crippen LogP contribution in [0.25, 0.3) is 11.0 Å². The Morgan fingerprint density at radius 1 is 1.15 bits per heavy atom. The summed E-state index contributed by atoms with van der Waals surface area (Å²) in [6.07, 6.45) is 8.44. The lowest BCUT2D eigenvalue weighted by molar-refractivity contribution is -0.119. The van der Waals surface area contributed by atoms with Gasteiger partial charge in [-0.1, -0.05) is 36.4 Å². The van der Waals surface area contributed by atoms with Crippen molar-refractivity contribution in [3.63, 3.8) is 0 Å². The number of amides is 1. The van der Waals surface area contributed by atoms with E-state index in [-0.39, 0.29) is 17.9 Å². The Morgan fingerprint density at radius 3 is 2.70 bits per heavy atom. The molecule has 4 aromatic rings. The highest BCUT2D eigenvalue weighted by Gasteiger charge is 2.30. The third kappa shape index (κ3) is 6.31. The lowest BCUT2D eigenvalue weighted by atomic mass is 10.1. The van der Waals surface area contributed by atoms with Crippen molar-refractivity contribution in [3.8, 4) is 0 Å². The lowest BCUT2D eigenvalue weighted by Crippen LogP contribution is -2.24. The molecule has 0 spiro atoms. The number of carbonyl (C=O) groups is 2. The monoisotopic (exact) mass is 541 g/mol. The van der Waals surface area contributed by atoms with E-state index < -0.39 is 5.97 Å². The van der Waals surface area contributed by atoms with E-state index in [1.54, 1.807) is 12.4 Å². The van der Waals surface area contributed by atoms with E-state index in [0.717, 1.165) is 30.5 Å². The molecule has 2 N–H and O–H groups in total. The Bertz CT molecular complexity index is 1450. The number of benzene rings is 1. The van der Waals surface area contributed by atoms with Gasteiger partial charge in [0.25, 0.3) is 0 Å². The molecule has 0 radical (unpaired) electrons. The van der Waals surface area contributed by atoms with Crippen LogP contribution in [0.4, 0.5) is 11.4 Å². The number of hydrogen-bond acceptors (Lipinski definition) is 7. The van der Waals surface area contributed by atoms with E-state index in [4.69, 9.17) is 14.5 Å². The van der Waals surface area contributed by atoms with Gasteiger partial charge in [-0.15, -0.1) is 0 Å². The van der Waals surface area contributed by atoms with Crippen LogP contribution in [0.5, 0.6) is 0 Å². The second-order valence-electron chi connectivity index (χ2n) is 10.2. The van der Waals surface area contributed by atoms with Crippen LogP contribution in [-0.2, 0) is 33.7 Å². The van der Waals surface area contributed by atoms with E-state index in [1.807, 2.05) is 47.2 Å². The van der Waals surface area contributed by atoms with Crippen LogP contribution in [0, 0.1) is 5.92 Å². The van der Waals surface area contributed by atoms with Crippen LogP contribution < -0.4 is 10.6 Å². The van der Waals surface area contributed by atoms with Crippen LogP contribution in [0.3, 0.4) is 0 Å². The van der Waals surface area contributed by atoms with E-state index in [0.29, 0.717) is 48.6 Å². The number of rotatable bonds is 11. The summed E-state index contributed by atoms with van der Waals surface area (Å²) < 4.78 is 12.5. The Hall–Kier alpha value is -4.24. The Labute approximate surface area is 233 Å². The Balaban J connectivity index is 1.48. The van der Waals surface area contributed by atoms with Gasteiger partial charge in [-0.05, 0) is 55.9 Å². The molecule has 4 heterocycles. The highest BCUT2D eigenvalue weighted by molar-refractivity contribution is 6.11. The maximum Gasteiger partial charge on any atom is 0.356 e. The molecule has 2 atom stereocenters. The van der Waals surface area contributed by atoms with Gasteiger partial charge in [0, 0.05) is 37.0 Å². The molecule has 0 bridgehead atoms. The number of esters is 1. The Morgan fingerprint density at radius 2 is 1.98 bits per heavy atom. The number of nitrogens with zero attached hydrogens (tertiary/aromatic N) is 3. The fraction of sp³-hybridized carbons (Fsp3) is 0.355. The van der Waals surface area contributed by atoms with Gasteiger partial charge < -0.3 is 24.7 Å². The largest absolute Gasteiger partial charge is 0.464 e. The van der Waals surface area contributed by atoms with Crippen LogP contribution in [-0.4, -0.2) is 52.8 Å². The molecule has 9 heteroatoms. The predicted molar refractivity (Wildman–Crippen MR) is 154 cm³/mol. The number of hydrogen-bond donors (Lipinski definition) is 2. The van der Waals surface area contributed by atoms with Gasteiger partial charge in [0.1, 0.15) is 5.65 Å². The fourth-order valence-electron chi connectivity index (χ4n) is 5.22. The second kappa shape index (κ2) is 12.7. The van der Waals surface area contributed by atoms with Gasteiger partial charge in [0.2, 0.25) is 5.91 Å². The minimum absolute atomic E-state index is 0.102. The molecule has 0 aliphatic carbocycles. The summed E-state index contributed by atoms with van der Waals surface area (Å²) in [4.78, 5) is 35.3. The normalized spacial score (nSPS) is 15.6. The smallest absolute Gasteiger partial charge is 0.356 e. The zero-order valence-electron chi connectivity index (χ0n) is 22.9. The molecule has 208 valence electrons. The number of carbonyl (C=O) groups excluding carboxylic acids is 2. The summed E-state index contributed by atoms with van der Waals surface area (Å²) in [6.45, 7) is 3.55. The van der Waals surface area contributed by atoms with E-state index in [1.165, 1.54) is 12.7 Å². The maximum atomic E-state index is 13.2. The Kier molecular flexibility index (Phi) is 8.71. The minimum Gasteiger partial charge on any atom is -0.464 e. The SMILES string of the molecule is COC(=O)c1c(NC(=O)[C@H]2CCOC2)c2cc(N[C@H](C)Cc3cccnc3)cnc2n1CCCc1ccccc1. The van der Waals surface area contributed by atoms with Crippen molar-refractivity contribution in [2.45, 2.75) is 45.2 Å². The van der Waals surface area contributed by atoms with Crippen molar-refractivity contribution in [1.82, 2.24) is 14.5 Å². The van der Waals surface area contributed by atoms with Crippen molar-refractivity contribution < 1.29 is 19.1 Å². The maximum absolute atomic E-state index is 13.2. The van der Waals surface area contributed by atoms with Gasteiger partial charge in [0.05, 0.1) is 37.2 Å². The van der Waals surface area contributed by atoms with E-state index in [2.05, 4.69) is 34.7 Å². The number of aryl methyl sites for hydroxylation is 2. The summed E-state index contributed by atoms with van der Waals surface area (Å²) >= 11 is 0. The van der Waals surface area contributed by atoms with Crippen LogP contribution in [0.2, 0.25) is 0 Å². The number of methoxy groups -OCH3 is 1. The van der Waals surface area contributed by atoms with Crippen LogP contribution in [0.1, 0.15) is 41.4 Å². The summed E-state index contributed by atoms with van der Waals surface area (Å²) in [5, 5.41) is 7.24. The molecule has 1 aromatic carbocycles. The number of fused-ring (bicyclic) bond motifs is 1. The van der Waals surface area contributed by atoms with Crippen molar-refractivity contribution in [2.24, 2.45) is 5.92 Å². The standard InChI is InChI=1S/C31H35N5O4/c1-21(16-23-10-6-13-32-18-23)34-25-17-26-27(35-30(37)24-12-15-40-20-24)28(31(38)39-2)36(29(26)33-19-25)14-7-11-22-8-4-3-5-9-22/h3-6,8-10,13,17-19,21,24,34H,7,11-12,14-16,20H2,1-2H3,(H,35,37)/t21-,24+/m1/s1. The molecule has 9 nitrogen and oxygen atoms in total. The summed E-state index contributed by atoms with van der Waals surface area (Å²) in [6, 6.07) is 16.2. The van der Waals surface area contributed by atoms with Gasteiger partial charge in [-0.2, -0.15) is 0 Å². The highest BCUT2D eigenvalue weighted by atomic mass is 16.5. The molecule has 1 aliphatic heterocycles. The first kappa shape index (κ1) is 27.3. The van der Waals surface area contributed by atoms with Gasteiger partial charge in [0.15, 0.2) is 5.69 Å². The molecule has 1 amide bonds. The number of ether oxygens (including phenoxy) is 2. The number of pyridine rings is 2. The average Bonchev–Trinajstić information content (AvgIpc) is 3.61. The third-order valence-electron chi connectivity index (χ3n) is 7.19. The van der Waals surface area contributed by atoms with Crippen LogP contribution in [0.15, 0.2) is 67.1 Å². The topological polar surface area (TPSA) is 107 Å². The molecule has 5 rings (SSSR count). The molecule has 1 fully saturated rings. The fourth-order valence-corrected chi connectivity index (χ4v) is 5.22. The van der Waals surface area contributed by atoms with Crippen LogP contribution >= 0.6 is 0 Å². The zero-order chi connectivity index (χ0) is 27.9. The summed E-state index contributed by atoms with van der Waals surface area (Å²) in [5.41, 5.74) is 4.48. The average molecular weight is 542 g/mol. The van der Waals surface area contributed by atoms with Gasteiger partial charge in [-0.25, -0.2) is 9.78 Å². The van der Waals surface area contributed by atoms with Crippen molar-refractivity contribution >= 4 is 34.3 Å². The predicted octanol–water partition coefficient (Wildman–Crippen LogP) is 4.87. The number of anilines is 2. The third-order valence-corrected chi connectivity index (χ3v) is 7.19. The molecule has 40 heavy (non-hydrogen) atoms. The molecular weight excluding hydrogens is 506 g/mol. The lowest BCUT2D eigenvalue weighted by Gasteiger charge is -2.15. The first-order chi connectivity index (χ1) is 19.5. The minimum atomic E-state index is -0.518. The van der Waals surface area contributed by atoms with Crippen molar-refractivity contribution in [2.75, 3.05) is 31.0 Å². The zero-order valence-corrected chi connectivity index (χ0v) is 22.9. The van der Waals surface area contributed by atoms with Crippen molar-refractivity contribution in [3.05, 3.63) is 83.9 Å². The first-order valence-electron chi connectivity index (χ1n) is 13.7. The highest BCUT2D eigenvalue weighted by Crippen LogP contribution is 2.34. The summed E-state index contributed by atoms with van der Waals surface area (Å²) in [5.74, 6) is -0.958. The van der Waals surface area contributed by atoms with Gasteiger partial charge >= 0.3 is 5.97 Å². The number of nitrogens with one attached hydrogen (secondary N) is 2. The van der Waals surface area contributed by atoms with E-state index in [9.17, 15) is 9.59 Å². The van der Waals surface area contributed by atoms with Gasteiger partial charge in [-0.3, -0.25) is 9.78 Å². The number of aromatic nitrogens is 3. The molecule has 3 aromatic heterocycles. The quantitative estimate of drug-likeness (QED) is 0.261. The van der Waals surface area contributed by atoms with Crippen molar-refractivity contribution in [1.29, 1.82) is 0 Å². The molecule has 1 aliphatic rings. The molecule has 0 saturated carbocycles. The molecule has 0 unspecified atom stereocenters. The first-order valence-corrected chi connectivity index (χ1v) is 13.7.